The van der Waals surface area contributed by atoms with Gasteiger partial charge in [-0.1, -0.05) is 25.1 Å². The van der Waals surface area contributed by atoms with Crippen LogP contribution in [-0.2, 0) is 22.6 Å². The first-order chi connectivity index (χ1) is 14.9. The molecule has 3 rings (SSSR count). The molecule has 0 unspecified atom stereocenters. The van der Waals surface area contributed by atoms with Gasteiger partial charge in [-0.3, -0.25) is 19.0 Å². The Morgan fingerprint density at radius 3 is 2.45 bits per heavy atom. The number of hydrogen-bond acceptors (Lipinski definition) is 4. The van der Waals surface area contributed by atoms with E-state index in [4.69, 9.17) is 0 Å². The number of aryl methyl sites for hydroxylation is 3. The Labute approximate surface area is 181 Å². The zero-order chi connectivity index (χ0) is 22.4. The van der Waals surface area contributed by atoms with E-state index in [1.807, 2.05) is 45.0 Å². The first kappa shape index (κ1) is 22.2. The van der Waals surface area contributed by atoms with Gasteiger partial charge in [0.2, 0.25) is 11.8 Å². The lowest BCUT2D eigenvalue weighted by atomic mass is 10.1. The highest BCUT2D eigenvalue weighted by Gasteiger charge is 2.15. The summed E-state index contributed by atoms with van der Waals surface area (Å²) in [6.07, 6.45) is 1.25. The number of nitrogens with zero attached hydrogens (tertiary/aromatic N) is 2. The van der Waals surface area contributed by atoms with Crippen LogP contribution in [0.25, 0.3) is 11.0 Å². The fourth-order valence-corrected chi connectivity index (χ4v) is 3.54. The Hall–Kier alpha value is -3.48. The largest absolute Gasteiger partial charge is 0.356 e. The van der Waals surface area contributed by atoms with Gasteiger partial charge in [-0.05, 0) is 55.7 Å². The topological polar surface area (TPSA) is 93.1 Å². The van der Waals surface area contributed by atoms with E-state index in [1.165, 1.54) is 4.57 Å². The van der Waals surface area contributed by atoms with Gasteiger partial charge in [-0.15, -0.1) is 0 Å². The quantitative estimate of drug-likeness (QED) is 0.586. The number of rotatable bonds is 8. The van der Waals surface area contributed by atoms with Crippen LogP contribution in [0.15, 0.2) is 47.3 Å². The number of benzene rings is 2. The molecule has 0 saturated carbocycles. The van der Waals surface area contributed by atoms with E-state index >= 15 is 0 Å². The summed E-state index contributed by atoms with van der Waals surface area (Å²) in [5.41, 5.74) is 3.92. The van der Waals surface area contributed by atoms with Crippen molar-refractivity contribution in [2.75, 3.05) is 11.9 Å². The molecule has 0 bridgehead atoms. The van der Waals surface area contributed by atoms with Crippen molar-refractivity contribution in [1.29, 1.82) is 0 Å². The second kappa shape index (κ2) is 10.0. The van der Waals surface area contributed by atoms with Gasteiger partial charge in [-0.2, -0.15) is 0 Å². The van der Waals surface area contributed by atoms with Crippen molar-refractivity contribution in [2.45, 2.75) is 46.6 Å². The van der Waals surface area contributed by atoms with Crippen LogP contribution in [0.4, 0.5) is 5.69 Å². The number of aromatic nitrogens is 2. The van der Waals surface area contributed by atoms with Crippen molar-refractivity contribution < 1.29 is 9.59 Å². The van der Waals surface area contributed by atoms with E-state index < -0.39 is 0 Å². The summed E-state index contributed by atoms with van der Waals surface area (Å²) in [6, 6.07) is 13.0. The molecule has 0 atom stereocenters. The average molecular weight is 421 g/mol. The first-order valence-corrected chi connectivity index (χ1v) is 10.5. The van der Waals surface area contributed by atoms with Gasteiger partial charge in [-0.25, -0.2) is 4.98 Å². The minimum absolute atomic E-state index is 0.115. The smallest absolute Gasteiger partial charge is 0.273 e. The second-order valence-corrected chi connectivity index (χ2v) is 7.71. The Morgan fingerprint density at radius 2 is 1.74 bits per heavy atom. The summed E-state index contributed by atoms with van der Waals surface area (Å²) in [5, 5.41) is 5.68. The summed E-state index contributed by atoms with van der Waals surface area (Å²) in [5.74, 6) is -0.412. The van der Waals surface area contributed by atoms with E-state index in [0.717, 1.165) is 17.5 Å². The minimum Gasteiger partial charge on any atom is -0.356 e. The van der Waals surface area contributed by atoms with E-state index in [1.54, 1.807) is 18.2 Å². The molecule has 2 amide bonds. The zero-order valence-corrected chi connectivity index (χ0v) is 18.2. The molecule has 0 fully saturated rings. The number of anilines is 1. The van der Waals surface area contributed by atoms with Crippen molar-refractivity contribution in [3.8, 4) is 0 Å². The monoisotopic (exact) mass is 420 g/mol. The van der Waals surface area contributed by atoms with Gasteiger partial charge >= 0.3 is 0 Å². The molecule has 1 aromatic heterocycles. The molecule has 0 radical (unpaired) electrons. The van der Waals surface area contributed by atoms with Crippen LogP contribution < -0.4 is 16.2 Å². The maximum Gasteiger partial charge on any atom is 0.273 e. The first-order valence-electron chi connectivity index (χ1n) is 10.5. The van der Waals surface area contributed by atoms with E-state index in [2.05, 4.69) is 15.6 Å². The molecule has 2 aromatic carbocycles. The molecule has 0 spiro atoms. The SMILES string of the molecule is CCCNC(=O)CCc1nc2ccccc2n(CC(=O)Nc2cc(C)cc(C)c2)c1=O. The third kappa shape index (κ3) is 5.78. The molecule has 1 heterocycles. The molecule has 7 heteroatoms. The Bertz CT molecular complexity index is 1150. The summed E-state index contributed by atoms with van der Waals surface area (Å²) >= 11 is 0. The highest BCUT2D eigenvalue weighted by molar-refractivity contribution is 5.91. The number of amides is 2. The van der Waals surface area contributed by atoms with E-state index in [0.29, 0.717) is 23.3 Å². The lowest BCUT2D eigenvalue weighted by Gasteiger charge is -2.13. The molecule has 0 aliphatic rings. The molecule has 7 nitrogen and oxygen atoms in total. The molecule has 0 saturated heterocycles. The zero-order valence-electron chi connectivity index (χ0n) is 18.2. The van der Waals surface area contributed by atoms with Crippen LogP contribution in [0.5, 0.6) is 0 Å². The number of carbonyl (C=O) groups excluding carboxylic acids is 2. The van der Waals surface area contributed by atoms with E-state index in [-0.39, 0.29) is 42.5 Å². The van der Waals surface area contributed by atoms with Crippen LogP contribution in [0, 0.1) is 13.8 Å². The third-order valence-corrected chi connectivity index (χ3v) is 4.89. The number of carbonyl (C=O) groups is 2. The Balaban J connectivity index is 1.86. The Kier molecular flexibility index (Phi) is 7.18. The van der Waals surface area contributed by atoms with Crippen molar-refractivity contribution in [2.24, 2.45) is 0 Å². The van der Waals surface area contributed by atoms with Crippen molar-refractivity contribution in [3.05, 3.63) is 69.6 Å². The van der Waals surface area contributed by atoms with Gasteiger partial charge in [0.1, 0.15) is 12.2 Å². The molecule has 3 aromatic rings. The fraction of sp³-hybridized carbons (Fsp3) is 0.333. The van der Waals surface area contributed by atoms with Crippen LogP contribution in [0.2, 0.25) is 0 Å². The average Bonchev–Trinajstić information content (AvgIpc) is 2.72. The van der Waals surface area contributed by atoms with Crippen molar-refractivity contribution in [1.82, 2.24) is 14.9 Å². The number of fused-ring (bicyclic) bond motifs is 1. The Morgan fingerprint density at radius 1 is 1.03 bits per heavy atom. The lowest BCUT2D eigenvalue weighted by Crippen LogP contribution is -2.32. The maximum absolute atomic E-state index is 13.1. The molecule has 31 heavy (non-hydrogen) atoms. The minimum atomic E-state index is -0.349. The van der Waals surface area contributed by atoms with Gasteiger partial charge in [0.05, 0.1) is 11.0 Å². The van der Waals surface area contributed by atoms with Crippen LogP contribution in [0.3, 0.4) is 0 Å². The second-order valence-electron chi connectivity index (χ2n) is 7.71. The van der Waals surface area contributed by atoms with Crippen LogP contribution in [0.1, 0.15) is 36.6 Å². The summed E-state index contributed by atoms with van der Waals surface area (Å²) in [6.45, 7) is 6.38. The summed E-state index contributed by atoms with van der Waals surface area (Å²) in [4.78, 5) is 42.3. The molecular weight excluding hydrogens is 392 g/mol. The predicted molar refractivity (Wildman–Crippen MR) is 122 cm³/mol. The van der Waals surface area contributed by atoms with Gasteiger partial charge in [0.25, 0.3) is 5.56 Å². The molecule has 162 valence electrons. The van der Waals surface area contributed by atoms with Gasteiger partial charge in [0, 0.05) is 25.1 Å². The highest BCUT2D eigenvalue weighted by Crippen LogP contribution is 2.15. The summed E-state index contributed by atoms with van der Waals surface area (Å²) in [7, 11) is 0. The lowest BCUT2D eigenvalue weighted by molar-refractivity contribution is -0.121. The van der Waals surface area contributed by atoms with Gasteiger partial charge in [0.15, 0.2) is 0 Å². The normalized spacial score (nSPS) is 10.8. The number of para-hydroxylation sites is 2. The van der Waals surface area contributed by atoms with Crippen LogP contribution in [-0.4, -0.2) is 27.9 Å². The standard InChI is InChI=1S/C24H28N4O3/c1-4-11-25-22(29)10-9-20-24(31)28(21-8-6-5-7-19(21)27-20)15-23(30)26-18-13-16(2)12-17(3)14-18/h5-8,12-14H,4,9-11,15H2,1-3H3,(H,25,29)(H,26,30). The maximum atomic E-state index is 13.1. The number of nitrogens with one attached hydrogen (secondary N) is 2. The van der Waals surface area contributed by atoms with Crippen molar-refractivity contribution in [3.63, 3.8) is 0 Å². The molecular formula is C24H28N4O3. The molecule has 0 aliphatic carbocycles. The van der Waals surface area contributed by atoms with E-state index in [9.17, 15) is 14.4 Å². The predicted octanol–water partition coefficient (Wildman–Crippen LogP) is 3.11. The fourth-order valence-electron chi connectivity index (χ4n) is 3.54. The highest BCUT2D eigenvalue weighted by atomic mass is 16.2. The summed E-state index contributed by atoms with van der Waals surface area (Å²) < 4.78 is 1.43. The van der Waals surface area contributed by atoms with Gasteiger partial charge < -0.3 is 10.6 Å². The number of hydrogen-bond donors (Lipinski definition) is 2. The third-order valence-electron chi connectivity index (χ3n) is 4.89. The van der Waals surface area contributed by atoms with Crippen LogP contribution >= 0.6 is 0 Å². The molecule has 0 aliphatic heterocycles. The van der Waals surface area contributed by atoms with Crippen molar-refractivity contribution >= 4 is 28.5 Å². The molecule has 2 N–H and O–H groups in total.